The monoisotopic (exact) mass is 220 g/mol. The third-order valence-electron chi connectivity index (χ3n) is 3.03. The van der Waals surface area contributed by atoms with Crippen LogP contribution >= 0.6 is 0 Å². The molecule has 0 rings (SSSR count). The third-order valence-corrected chi connectivity index (χ3v) is 7.57. The number of unbranched alkanes of at least 4 members (excludes halogenated alkanes) is 2. The van der Waals surface area contributed by atoms with Gasteiger partial charge in [-0.05, 0) is 24.6 Å². The fourth-order valence-electron chi connectivity index (χ4n) is 0.908. The molecule has 0 atom stereocenters. The van der Waals surface area contributed by atoms with Crippen LogP contribution in [0.2, 0.25) is 18.1 Å². The average molecular weight is 220 g/mol. The Hall–Kier alpha value is 0.514. The second-order valence-corrected chi connectivity index (χ2v) is 10.1. The van der Waals surface area contributed by atoms with Gasteiger partial charge in [0.05, 0.1) is 0 Å². The van der Waals surface area contributed by atoms with Crippen LogP contribution in [0.3, 0.4) is 0 Å². The molecule has 0 spiro atoms. The molecule has 0 fully saturated rings. The molecule has 0 N–H and O–H groups in total. The van der Waals surface area contributed by atoms with Crippen LogP contribution in [-0.4, -0.2) is 14.9 Å². The molecule has 84 valence electrons. The second-order valence-electron chi connectivity index (χ2n) is 5.34. The summed E-state index contributed by atoms with van der Waals surface area (Å²) >= 11 is 0. The average Bonchev–Trinajstić information content (AvgIpc) is 2.02. The molecule has 0 bridgehead atoms. The first-order valence-corrected chi connectivity index (χ1v) is 8.39. The van der Waals surface area contributed by atoms with E-state index in [0.29, 0.717) is 5.04 Å². The molecule has 0 amide bonds. The van der Waals surface area contributed by atoms with E-state index in [4.69, 9.17) is 11.0 Å². The first-order valence-electron chi connectivity index (χ1n) is 5.48. The van der Waals surface area contributed by atoms with Crippen molar-refractivity contribution in [1.29, 1.82) is 0 Å². The molecule has 3 heteroatoms. The predicted octanol–water partition coefficient (Wildman–Crippen LogP) is 1.17. The molecule has 0 saturated carbocycles. The maximum absolute atomic E-state index is 6.02. The van der Waals surface area contributed by atoms with Gasteiger partial charge in [0.15, 0.2) is 8.32 Å². The van der Waals surface area contributed by atoms with Crippen molar-refractivity contribution in [1.82, 2.24) is 0 Å². The molecule has 0 saturated heterocycles. The SMILES string of the molecule is [CH-]=CCCCCO[Si](C)(C)C(C)(C)C.[Li+]. The topological polar surface area (TPSA) is 9.23 Å². The van der Waals surface area contributed by atoms with Gasteiger partial charge in [-0.25, -0.2) is 0 Å². The van der Waals surface area contributed by atoms with E-state index in [0.717, 1.165) is 25.9 Å². The summed E-state index contributed by atoms with van der Waals surface area (Å²) in [6.45, 7) is 17.6. The molecule has 15 heavy (non-hydrogen) atoms. The van der Waals surface area contributed by atoms with Crippen molar-refractivity contribution < 1.29 is 23.3 Å². The van der Waals surface area contributed by atoms with Crippen molar-refractivity contribution in [2.24, 2.45) is 0 Å². The zero-order valence-corrected chi connectivity index (χ0v) is 12.4. The Kier molecular flexibility index (Phi) is 9.23. The van der Waals surface area contributed by atoms with Crippen LogP contribution in [0, 0.1) is 6.58 Å². The number of hydrogen-bond acceptors (Lipinski definition) is 1. The van der Waals surface area contributed by atoms with Gasteiger partial charge >= 0.3 is 18.9 Å². The van der Waals surface area contributed by atoms with Gasteiger partial charge in [-0.15, -0.1) is 0 Å². The Morgan fingerprint density at radius 3 is 2.13 bits per heavy atom. The van der Waals surface area contributed by atoms with E-state index in [1.165, 1.54) is 0 Å². The number of hydrogen-bond donors (Lipinski definition) is 0. The number of rotatable bonds is 6. The summed E-state index contributed by atoms with van der Waals surface area (Å²) in [6, 6.07) is 0. The van der Waals surface area contributed by atoms with E-state index < -0.39 is 8.32 Å². The first-order chi connectivity index (χ1) is 6.31. The Bertz CT molecular complexity index is 173. The zero-order valence-electron chi connectivity index (χ0n) is 11.4. The van der Waals surface area contributed by atoms with Crippen molar-refractivity contribution in [2.75, 3.05) is 6.61 Å². The van der Waals surface area contributed by atoms with E-state index in [1.54, 1.807) is 6.08 Å². The van der Waals surface area contributed by atoms with Gasteiger partial charge in [0.25, 0.3) is 0 Å². The van der Waals surface area contributed by atoms with Gasteiger partial charge in [0, 0.05) is 6.61 Å². The Morgan fingerprint density at radius 2 is 1.73 bits per heavy atom. The van der Waals surface area contributed by atoms with Gasteiger partial charge in [0.1, 0.15) is 0 Å². The van der Waals surface area contributed by atoms with Crippen molar-refractivity contribution in [3.05, 3.63) is 12.7 Å². The molecule has 0 aliphatic carbocycles. The standard InChI is InChI=1S/C12H25OSi.Li/c1-7-8-9-10-11-13-14(5,6)12(2,3)4;/h1,7H,8-11H2,2-6H3;/q-1;+1. The van der Waals surface area contributed by atoms with Gasteiger partial charge in [-0.1, -0.05) is 33.6 Å². The fourth-order valence-corrected chi connectivity index (χ4v) is 2.00. The third kappa shape index (κ3) is 7.41. The Morgan fingerprint density at radius 1 is 1.20 bits per heavy atom. The molecule has 0 aromatic carbocycles. The van der Waals surface area contributed by atoms with Gasteiger partial charge in [-0.3, -0.25) is 6.08 Å². The maximum atomic E-state index is 6.02. The minimum Gasteiger partial charge on any atom is -0.518 e. The van der Waals surface area contributed by atoms with E-state index in [9.17, 15) is 0 Å². The van der Waals surface area contributed by atoms with Crippen LogP contribution in [0.1, 0.15) is 40.0 Å². The van der Waals surface area contributed by atoms with E-state index in [1.807, 2.05) is 0 Å². The summed E-state index contributed by atoms with van der Waals surface area (Å²) in [5.74, 6) is 0. The van der Waals surface area contributed by atoms with Crippen LogP contribution in [0.5, 0.6) is 0 Å². The van der Waals surface area contributed by atoms with Crippen LogP contribution < -0.4 is 18.9 Å². The summed E-state index contributed by atoms with van der Waals surface area (Å²) in [5, 5.41) is 0.326. The van der Waals surface area contributed by atoms with E-state index in [2.05, 4.69) is 33.9 Å². The van der Waals surface area contributed by atoms with Gasteiger partial charge in [-0.2, -0.15) is 0 Å². The minimum absolute atomic E-state index is 0. The van der Waals surface area contributed by atoms with Crippen LogP contribution in [0.4, 0.5) is 0 Å². The molecular weight excluding hydrogens is 195 g/mol. The molecule has 0 aliphatic heterocycles. The summed E-state index contributed by atoms with van der Waals surface area (Å²) in [6.07, 6.45) is 5.00. The summed E-state index contributed by atoms with van der Waals surface area (Å²) in [4.78, 5) is 0. The zero-order chi connectivity index (χ0) is 11.2. The van der Waals surface area contributed by atoms with Crippen molar-refractivity contribution in [2.45, 2.75) is 58.2 Å². The van der Waals surface area contributed by atoms with Crippen molar-refractivity contribution in [3.63, 3.8) is 0 Å². The van der Waals surface area contributed by atoms with Gasteiger partial charge in [0.2, 0.25) is 0 Å². The Labute approximate surface area is 109 Å². The Balaban J connectivity index is 0. The second kappa shape index (κ2) is 7.73. The van der Waals surface area contributed by atoms with Crippen LogP contribution in [0.15, 0.2) is 6.08 Å². The minimum atomic E-state index is -1.51. The van der Waals surface area contributed by atoms with Crippen LogP contribution in [-0.2, 0) is 4.43 Å². The van der Waals surface area contributed by atoms with Crippen LogP contribution in [0.25, 0.3) is 0 Å². The normalized spacial score (nSPS) is 12.1. The molecule has 0 radical (unpaired) electrons. The quantitative estimate of drug-likeness (QED) is 0.371. The summed E-state index contributed by atoms with van der Waals surface area (Å²) < 4.78 is 6.02. The first kappa shape index (κ1) is 17.9. The van der Waals surface area contributed by atoms with Crippen molar-refractivity contribution in [3.8, 4) is 0 Å². The molecule has 0 aliphatic rings. The smallest absolute Gasteiger partial charge is 0.518 e. The maximum Gasteiger partial charge on any atom is 1.00 e. The fraction of sp³-hybridized carbons (Fsp3) is 0.833. The molecule has 0 aromatic heterocycles. The van der Waals surface area contributed by atoms with E-state index >= 15 is 0 Å². The number of allylic oxidation sites excluding steroid dienone is 1. The molecular formula is C12H25LiOSi. The summed E-state index contributed by atoms with van der Waals surface area (Å²) in [5.41, 5.74) is 0. The summed E-state index contributed by atoms with van der Waals surface area (Å²) in [7, 11) is -1.51. The van der Waals surface area contributed by atoms with Gasteiger partial charge < -0.3 is 11.0 Å². The largest absolute Gasteiger partial charge is 1.00 e. The molecule has 0 aromatic rings. The molecule has 0 heterocycles. The molecule has 0 unspecified atom stereocenters. The van der Waals surface area contributed by atoms with E-state index in [-0.39, 0.29) is 18.9 Å². The predicted molar refractivity (Wildman–Crippen MR) is 65.9 cm³/mol. The van der Waals surface area contributed by atoms with Crippen molar-refractivity contribution >= 4 is 8.32 Å². The molecule has 1 nitrogen and oxygen atoms in total.